The molecule has 4 rings (SSSR count). The maximum absolute atomic E-state index is 13.8. The molecule has 13 heteroatoms. The monoisotopic (exact) mass is 806 g/mol. The first-order chi connectivity index (χ1) is 25.2. The Bertz CT molecular complexity index is 2170. The number of hydrogen-bond acceptors (Lipinski definition) is 11. The van der Waals surface area contributed by atoms with E-state index in [4.69, 9.17) is 18.9 Å². The number of carboxylic acid groups (broad SMARTS) is 1. The van der Waals surface area contributed by atoms with Crippen molar-refractivity contribution < 1.29 is 58.2 Å². The van der Waals surface area contributed by atoms with Crippen LogP contribution in [0.4, 0.5) is 0 Å². The topological polar surface area (TPSA) is 183 Å². The molecule has 1 aliphatic carbocycles. The number of rotatable bonds is 10. The lowest BCUT2D eigenvalue weighted by Crippen LogP contribution is -2.47. The third-order valence-corrected chi connectivity index (χ3v) is 10.9. The van der Waals surface area contributed by atoms with Crippen molar-refractivity contribution in [3.05, 3.63) is 101 Å². The van der Waals surface area contributed by atoms with Gasteiger partial charge in [0.15, 0.2) is 11.5 Å². The van der Waals surface area contributed by atoms with Gasteiger partial charge in [0.2, 0.25) is 5.60 Å². The molecule has 1 unspecified atom stereocenters. The molecule has 3 aromatic carbocycles. The van der Waals surface area contributed by atoms with E-state index in [2.05, 4.69) is 15.9 Å². The molecule has 0 fully saturated rings. The number of aromatic carboxylic acids is 1. The fourth-order valence-electron chi connectivity index (χ4n) is 6.87. The maximum Gasteiger partial charge on any atom is 0.356 e. The van der Waals surface area contributed by atoms with Gasteiger partial charge >= 0.3 is 23.9 Å². The van der Waals surface area contributed by atoms with Gasteiger partial charge < -0.3 is 34.3 Å². The van der Waals surface area contributed by atoms with Crippen LogP contribution in [0.1, 0.15) is 102 Å². The fraction of sp³-hybridized carbons (Fsp3) is 0.341. The maximum atomic E-state index is 13.8. The number of allylic oxidation sites excluding steroid dienone is 2. The van der Waals surface area contributed by atoms with Crippen LogP contribution in [0, 0.1) is 48.5 Å². The second-order valence-corrected chi connectivity index (χ2v) is 14.0. The zero-order chi connectivity index (χ0) is 40.7. The third kappa shape index (κ3) is 6.93. The Morgan fingerprint density at radius 3 is 1.78 bits per heavy atom. The number of ether oxygens (including phenoxy) is 4. The second-order valence-electron chi connectivity index (χ2n) is 13.2. The molecule has 0 bridgehead atoms. The number of carboxylic acids is 1. The second kappa shape index (κ2) is 15.6. The molecule has 54 heavy (non-hydrogen) atoms. The summed E-state index contributed by atoms with van der Waals surface area (Å²) in [5.74, 6) is -5.03. The standard InChI is InChI=1S/C41H43BrO12/c1-12-26-23(9)31(37(45)46)24(10)27(13-2)36(26)53-38(47)30-17(3)14-28(19(5)20(30)6)52-39(48)32-21(7)22(8)35(33(42)34(32)44)54-40(49)41(50)18(4)15-25(43)16-29(41)51-11/h14-16,44,50H,12-13H2,1-11H3,(H,45,46). The van der Waals surface area contributed by atoms with E-state index in [0.29, 0.717) is 57.5 Å². The van der Waals surface area contributed by atoms with Gasteiger partial charge in [-0.2, -0.15) is 0 Å². The number of phenolic OH excluding ortho intramolecular Hbond substituents is 1. The zero-order valence-corrected chi connectivity index (χ0v) is 33.6. The van der Waals surface area contributed by atoms with Gasteiger partial charge in [-0.05, 0) is 152 Å². The van der Waals surface area contributed by atoms with Crippen molar-refractivity contribution in [1.82, 2.24) is 0 Å². The van der Waals surface area contributed by atoms with E-state index in [-0.39, 0.29) is 55.1 Å². The Morgan fingerprint density at radius 1 is 0.722 bits per heavy atom. The van der Waals surface area contributed by atoms with Crippen LogP contribution in [0.25, 0.3) is 0 Å². The molecule has 0 saturated heterocycles. The van der Waals surface area contributed by atoms with Gasteiger partial charge in [-0.25, -0.2) is 19.2 Å². The van der Waals surface area contributed by atoms with Crippen molar-refractivity contribution in [3.8, 4) is 23.0 Å². The Balaban J connectivity index is 1.68. The highest BCUT2D eigenvalue weighted by Crippen LogP contribution is 2.44. The fourth-order valence-corrected chi connectivity index (χ4v) is 7.45. The van der Waals surface area contributed by atoms with Crippen molar-refractivity contribution in [2.24, 2.45) is 0 Å². The molecular weight excluding hydrogens is 764 g/mol. The summed E-state index contributed by atoms with van der Waals surface area (Å²) >= 11 is 3.22. The Morgan fingerprint density at radius 2 is 1.26 bits per heavy atom. The molecule has 0 radical (unpaired) electrons. The molecule has 0 amide bonds. The number of aromatic hydroxyl groups is 1. The van der Waals surface area contributed by atoms with Gasteiger partial charge in [0.1, 0.15) is 33.0 Å². The minimum absolute atomic E-state index is 0.0389. The summed E-state index contributed by atoms with van der Waals surface area (Å²) in [5, 5.41) is 32.4. The SMILES string of the molecule is CCc1c(C)c(C(=O)O)c(C)c(CC)c1OC(=O)c1c(C)cc(OC(=O)c2c(C)c(C)c(OC(=O)C3(O)C(C)=CC(=O)C=C3OC)c(Br)c2O)c(C)c1C. The Labute approximate surface area is 321 Å². The summed E-state index contributed by atoms with van der Waals surface area (Å²) in [5.41, 5.74) is 1.88. The minimum Gasteiger partial charge on any atom is -0.506 e. The number of methoxy groups -OCH3 is 1. The van der Waals surface area contributed by atoms with Gasteiger partial charge in [-0.3, -0.25) is 4.79 Å². The van der Waals surface area contributed by atoms with Gasteiger partial charge in [0.05, 0.1) is 18.2 Å². The third-order valence-electron chi connectivity index (χ3n) is 10.2. The van der Waals surface area contributed by atoms with Crippen LogP contribution in [0.5, 0.6) is 23.0 Å². The lowest BCUT2D eigenvalue weighted by molar-refractivity contribution is -0.151. The van der Waals surface area contributed by atoms with E-state index in [9.17, 15) is 39.3 Å². The number of phenols is 1. The highest BCUT2D eigenvalue weighted by molar-refractivity contribution is 9.10. The van der Waals surface area contributed by atoms with Crippen LogP contribution >= 0.6 is 15.9 Å². The average molecular weight is 808 g/mol. The molecule has 12 nitrogen and oxygen atoms in total. The van der Waals surface area contributed by atoms with E-state index in [0.717, 1.165) is 12.2 Å². The normalized spacial score (nSPS) is 15.3. The van der Waals surface area contributed by atoms with E-state index in [1.807, 2.05) is 13.8 Å². The Kier molecular flexibility index (Phi) is 12.0. The molecule has 0 aromatic heterocycles. The van der Waals surface area contributed by atoms with Crippen molar-refractivity contribution in [1.29, 1.82) is 0 Å². The highest BCUT2D eigenvalue weighted by Gasteiger charge is 2.48. The number of carbonyl (C=O) groups is 5. The molecule has 3 N–H and O–H groups in total. The lowest BCUT2D eigenvalue weighted by atomic mass is 9.87. The number of hydrogen-bond donors (Lipinski definition) is 3. The number of ketones is 1. The van der Waals surface area contributed by atoms with Crippen molar-refractivity contribution in [2.45, 2.75) is 87.7 Å². The predicted octanol–water partition coefficient (Wildman–Crippen LogP) is 7.27. The predicted molar refractivity (Wildman–Crippen MR) is 202 cm³/mol. The van der Waals surface area contributed by atoms with E-state index < -0.39 is 41.0 Å². The average Bonchev–Trinajstić information content (AvgIpc) is 3.09. The summed E-state index contributed by atoms with van der Waals surface area (Å²) in [6.07, 6.45) is 2.91. The summed E-state index contributed by atoms with van der Waals surface area (Å²) < 4.78 is 22.4. The number of benzene rings is 3. The quantitative estimate of drug-likeness (QED) is 0.138. The first-order valence-electron chi connectivity index (χ1n) is 17.1. The molecule has 0 spiro atoms. The van der Waals surface area contributed by atoms with Crippen molar-refractivity contribution >= 4 is 45.6 Å². The number of carbonyl (C=O) groups excluding carboxylic acids is 4. The molecule has 286 valence electrons. The van der Waals surface area contributed by atoms with Gasteiger partial charge in [0.25, 0.3) is 0 Å². The molecule has 0 aliphatic heterocycles. The molecule has 1 aliphatic rings. The van der Waals surface area contributed by atoms with Crippen molar-refractivity contribution in [3.63, 3.8) is 0 Å². The first-order valence-corrected chi connectivity index (χ1v) is 17.9. The number of aliphatic hydroxyl groups is 1. The van der Waals surface area contributed by atoms with E-state index in [1.165, 1.54) is 33.9 Å². The molecule has 1 atom stereocenters. The van der Waals surface area contributed by atoms with Gasteiger partial charge in [-0.1, -0.05) is 13.8 Å². The van der Waals surface area contributed by atoms with Crippen LogP contribution in [0.15, 0.2) is 34.0 Å². The van der Waals surface area contributed by atoms with Crippen LogP contribution in [0.3, 0.4) is 0 Å². The van der Waals surface area contributed by atoms with E-state index >= 15 is 0 Å². The van der Waals surface area contributed by atoms with Crippen molar-refractivity contribution in [2.75, 3.05) is 7.11 Å². The molecule has 3 aromatic rings. The van der Waals surface area contributed by atoms with Crippen LogP contribution in [-0.2, 0) is 27.2 Å². The smallest absolute Gasteiger partial charge is 0.356 e. The van der Waals surface area contributed by atoms with Gasteiger partial charge in [-0.15, -0.1) is 0 Å². The highest BCUT2D eigenvalue weighted by atomic mass is 79.9. The summed E-state index contributed by atoms with van der Waals surface area (Å²) in [7, 11) is 1.19. The summed E-state index contributed by atoms with van der Waals surface area (Å²) in [4.78, 5) is 65.0. The number of esters is 3. The number of halogens is 1. The van der Waals surface area contributed by atoms with Crippen LogP contribution in [-0.4, -0.2) is 57.7 Å². The number of aryl methyl sites for hydroxylation is 1. The van der Waals surface area contributed by atoms with E-state index in [1.54, 1.807) is 34.6 Å². The zero-order valence-electron chi connectivity index (χ0n) is 32.0. The molecule has 0 heterocycles. The largest absolute Gasteiger partial charge is 0.506 e. The van der Waals surface area contributed by atoms with Crippen LogP contribution in [0.2, 0.25) is 0 Å². The minimum atomic E-state index is -2.43. The summed E-state index contributed by atoms with van der Waals surface area (Å²) in [6.45, 7) is 16.6. The van der Waals surface area contributed by atoms with Gasteiger partial charge in [0, 0.05) is 6.08 Å². The molecule has 0 saturated carbocycles. The Hall–Kier alpha value is -5.27. The summed E-state index contributed by atoms with van der Waals surface area (Å²) in [6, 6.07) is 1.51. The van der Waals surface area contributed by atoms with Crippen LogP contribution < -0.4 is 14.2 Å². The molecular formula is C41H43BrO12. The lowest BCUT2D eigenvalue weighted by Gasteiger charge is -2.30. The first kappa shape index (κ1) is 41.5.